The van der Waals surface area contributed by atoms with E-state index in [1.165, 1.54) is 17.5 Å². The summed E-state index contributed by atoms with van der Waals surface area (Å²) in [6.45, 7) is 9.72. The van der Waals surface area contributed by atoms with Gasteiger partial charge in [0.1, 0.15) is 0 Å². The molecule has 0 saturated carbocycles. The Hall–Kier alpha value is -1.56. The van der Waals surface area contributed by atoms with Crippen LogP contribution >= 0.6 is 0 Å². The van der Waals surface area contributed by atoms with Crippen molar-refractivity contribution in [1.29, 1.82) is 0 Å². The summed E-state index contributed by atoms with van der Waals surface area (Å²) in [7, 11) is 0. The second-order valence-electron chi connectivity index (χ2n) is 3.51. The summed E-state index contributed by atoms with van der Waals surface area (Å²) in [5.74, 6) is 0. The highest BCUT2D eigenvalue weighted by atomic mass is 14.0. The van der Waals surface area contributed by atoms with Gasteiger partial charge in [-0.05, 0) is 23.1 Å². The van der Waals surface area contributed by atoms with Crippen LogP contribution in [0.1, 0.15) is 24.5 Å². The van der Waals surface area contributed by atoms with Gasteiger partial charge in [-0.15, -0.1) is 0 Å². The zero-order valence-electron chi connectivity index (χ0n) is 9.37. The van der Waals surface area contributed by atoms with Crippen molar-refractivity contribution in [3.8, 4) is 0 Å². The highest BCUT2D eigenvalue weighted by Gasteiger charge is 1.97. The van der Waals surface area contributed by atoms with Crippen molar-refractivity contribution >= 4 is 5.57 Å². The lowest BCUT2D eigenvalue weighted by atomic mass is 10.0. The molecule has 1 aromatic carbocycles. The molecule has 0 spiro atoms. The van der Waals surface area contributed by atoms with Crippen molar-refractivity contribution in [1.82, 2.24) is 0 Å². The molecule has 0 fully saturated rings. The van der Waals surface area contributed by atoms with Crippen LogP contribution < -0.4 is 0 Å². The van der Waals surface area contributed by atoms with Gasteiger partial charge in [0.05, 0.1) is 0 Å². The largest absolute Gasteiger partial charge is 0.0990 e. The van der Waals surface area contributed by atoms with Crippen LogP contribution in [-0.4, -0.2) is 0 Å². The molecular formula is C15H18. The first kappa shape index (κ1) is 11.5. The summed E-state index contributed by atoms with van der Waals surface area (Å²) in [6, 6.07) is 8.60. The molecule has 0 heterocycles. The third-order valence-corrected chi connectivity index (χ3v) is 2.32. The van der Waals surface area contributed by atoms with E-state index in [1.807, 2.05) is 12.2 Å². The van der Waals surface area contributed by atoms with Gasteiger partial charge in [-0.25, -0.2) is 0 Å². The average Bonchev–Trinajstić information content (AvgIpc) is 2.27. The Morgan fingerprint density at radius 3 is 2.73 bits per heavy atom. The van der Waals surface area contributed by atoms with Gasteiger partial charge in [-0.2, -0.15) is 0 Å². The number of rotatable bonds is 5. The Balaban J connectivity index is 3.02. The van der Waals surface area contributed by atoms with Crippen molar-refractivity contribution in [2.24, 2.45) is 0 Å². The van der Waals surface area contributed by atoms with E-state index in [1.54, 1.807) is 6.08 Å². The van der Waals surface area contributed by atoms with Crippen LogP contribution in [0.2, 0.25) is 0 Å². The van der Waals surface area contributed by atoms with Gasteiger partial charge in [0, 0.05) is 0 Å². The minimum Gasteiger partial charge on any atom is -0.0990 e. The fraction of sp³-hybridized carbons (Fsp3) is 0.200. The zero-order chi connectivity index (χ0) is 11.1. The molecule has 0 amide bonds. The smallest absolute Gasteiger partial charge is 0.0182 e. The molecule has 0 radical (unpaired) electrons. The van der Waals surface area contributed by atoms with Crippen molar-refractivity contribution in [3.05, 3.63) is 66.8 Å². The fourth-order valence-corrected chi connectivity index (χ4v) is 1.60. The summed E-state index contributed by atoms with van der Waals surface area (Å²) >= 11 is 0. The first-order chi connectivity index (χ1) is 7.31. The molecule has 0 aliphatic heterocycles. The molecule has 0 N–H and O–H groups in total. The predicted octanol–water partition coefficient (Wildman–Crippen LogP) is 4.39. The first-order valence-corrected chi connectivity index (χ1v) is 5.36. The maximum Gasteiger partial charge on any atom is -0.0182 e. The Morgan fingerprint density at radius 2 is 2.13 bits per heavy atom. The van der Waals surface area contributed by atoms with E-state index in [4.69, 9.17) is 0 Å². The SMILES string of the molecule is C=C/C=C(\C=C)c1cccc(CCC)c1. The molecule has 0 bridgehead atoms. The lowest BCUT2D eigenvalue weighted by molar-refractivity contribution is 0.921. The minimum absolute atomic E-state index is 1.13. The second kappa shape index (κ2) is 6.02. The van der Waals surface area contributed by atoms with E-state index in [0.717, 1.165) is 12.0 Å². The Bertz CT molecular complexity index is 369. The topological polar surface area (TPSA) is 0 Å². The molecule has 15 heavy (non-hydrogen) atoms. The standard InChI is InChI=1S/C15H18/c1-4-8-13-10-7-11-15(12-13)14(6-3)9-5-2/h5-7,9-12H,2-4,8H2,1H3/b14-9+. The van der Waals surface area contributed by atoms with Gasteiger partial charge in [0.2, 0.25) is 0 Å². The lowest BCUT2D eigenvalue weighted by Gasteiger charge is -2.04. The first-order valence-electron chi connectivity index (χ1n) is 5.36. The Morgan fingerprint density at radius 1 is 1.33 bits per heavy atom. The lowest BCUT2D eigenvalue weighted by Crippen LogP contribution is -1.86. The van der Waals surface area contributed by atoms with Gasteiger partial charge in [-0.3, -0.25) is 0 Å². The highest BCUT2D eigenvalue weighted by molar-refractivity contribution is 5.74. The van der Waals surface area contributed by atoms with Crippen LogP contribution in [-0.2, 0) is 6.42 Å². The number of hydrogen-bond donors (Lipinski definition) is 0. The predicted molar refractivity (Wildman–Crippen MR) is 68.8 cm³/mol. The minimum atomic E-state index is 1.13. The number of allylic oxidation sites excluding steroid dienone is 4. The van der Waals surface area contributed by atoms with Crippen LogP contribution in [0.25, 0.3) is 5.57 Å². The average molecular weight is 198 g/mol. The normalized spacial score (nSPS) is 11.1. The summed E-state index contributed by atoms with van der Waals surface area (Å²) in [4.78, 5) is 0. The molecule has 1 aromatic rings. The van der Waals surface area contributed by atoms with Gasteiger partial charge >= 0.3 is 0 Å². The van der Waals surface area contributed by atoms with E-state index >= 15 is 0 Å². The van der Waals surface area contributed by atoms with Crippen molar-refractivity contribution in [2.75, 3.05) is 0 Å². The van der Waals surface area contributed by atoms with Crippen LogP contribution in [0, 0.1) is 0 Å². The van der Waals surface area contributed by atoms with E-state index < -0.39 is 0 Å². The van der Waals surface area contributed by atoms with E-state index in [-0.39, 0.29) is 0 Å². The van der Waals surface area contributed by atoms with Gasteiger partial charge in [0.25, 0.3) is 0 Å². The molecule has 1 rings (SSSR count). The third-order valence-electron chi connectivity index (χ3n) is 2.32. The fourth-order valence-electron chi connectivity index (χ4n) is 1.60. The van der Waals surface area contributed by atoms with Gasteiger partial charge < -0.3 is 0 Å². The maximum atomic E-state index is 3.82. The van der Waals surface area contributed by atoms with Gasteiger partial charge in [-0.1, -0.05) is 69.0 Å². The number of hydrogen-bond acceptors (Lipinski definition) is 0. The van der Waals surface area contributed by atoms with Crippen LogP contribution in [0.5, 0.6) is 0 Å². The van der Waals surface area contributed by atoms with Crippen LogP contribution in [0.4, 0.5) is 0 Å². The van der Waals surface area contributed by atoms with Crippen molar-refractivity contribution in [3.63, 3.8) is 0 Å². The van der Waals surface area contributed by atoms with Crippen molar-refractivity contribution in [2.45, 2.75) is 19.8 Å². The molecule has 0 unspecified atom stereocenters. The molecule has 0 heteroatoms. The Kier molecular flexibility index (Phi) is 4.62. The summed E-state index contributed by atoms with van der Waals surface area (Å²) in [5.41, 5.74) is 3.73. The summed E-state index contributed by atoms with van der Waals surface area (Å²) in [6.07, 6.45) is 7.96. The molecule has 78 valence electrons. The van der Waals surface area contributed by atoms with Gasteiger partial charge in [0.15, 0.2) is 0 Å². The molecule has 0 aromatic heterocycles. The molecule has 0 aliphatic rings. The molecule has 0 saturated heterocycles. The van der Waals surface area contributed by atoms with E-state index in [0.29, 0.717) is 0 Å². The zero-order valence-corrected chi connectivity index (χ0v) is 9.37. The highest BCUT2D eigenvalue weighted by Crippen LogP contribution is 2.17. The maximum absolute atomic E-state index is 3.82. The summed E-state index contributed by atoms with van der Waals surface area (Å²) < 4.78 is 0. The molecule has 0 aliphatic carbocycles. The molecular weight excluding hydrogens is 180 g/mol. The molecule has 0 nitrogen and oxygen atoms in total. The molecule has 0 atom stereocenters. The van der Waals surface area contributed by atoms with E-state index in [2.05, 4.69) is 44.3 Å². The van der Waals surface area contributed by atoms with E-state index in [9.17, 15) is 0 Å². The number of benzene rings is 1. The summed E-state index contributed by atoms with van der Waals surface area (Å²) in [5, 5.41) is 0. The Labute approximate surface area is 92.6 Å². The monoisotopic (exact) mass is 198 g/mol. The van der Waals surface area contributed by atoms with Crippen LogP contribution in [0.3, 0.4) is 0 Å². The quantitative estimate of drug-likeness (QED) is 0.615. The number of aryl methyl sites for hydroxylation is 1. The third kappa shape index (κ3) is 3.25. The second-order valence-corrected chi connectivity index (χ2v) is 3.51. The van der Waals surface area contributed by atoms with Crippen molar-refractivity contribution < 1.29 is 0 Å². The van der Waals surface area contributed by atoms with Crippen LogP contribution in [0.15, 0.2) is 55.7 Å².